The van der Waals surface area contributed by atoms with E-state index >= 15 is 0 Å². The van der Waals surface area contributed by atoms with Crippen LogP contribution >= 0.6 is 0 Å². The van der Waals surface area contributed by atoms with E-state index in [2.05, 4.69) is 20.5 Å². The van der Waals surface area contributed by atoms with Crippen LogP contribution in [0.3, 0.4) is 0 Å². The molecule has 4 aromatic rings. The molecule has 12 nitrogen and oxygen atoms in total. The fraction of sp³-hybridized carbons (Fsp3) is 0.185. The van der Waals surface area contributed by atoms with Crippen LogP contribution in [0.1, 0.15) is 18.1 Å². The molecular weight excluding hydrogens is 568 g/mol. The second kappa shape index (κ2) is 11.3. The summed E-state index contributed by atoms with van der Waals surface area (Å²) in [6, 6.07) is 15.6. The van der Waals surface area contributed by atoms with Crippen molar-refractivity contribution < 1.29 is 26.5 Å². The predicted octanol–water partition coefficient (Wildman–Crippen LogP) is 6.46. The van der Waals surface area contributed by atoms with Crippen molar-refractivity contribution in [1.82, 2.24) is 4.31 Å². The summed E-state index contributed by atoms with van der Waals surface area (Å²) in [4.78, 5) is -0.930. The van der Waals surface area contributed by atoms with Crippen LogP contribution < -0.4 is 5.73 Å². The third-order valence-corrected chi connectivity index (χ3v) is 9.22. The van der Waals surface area contributed by atoms with Gasteiger partial charge in [0.05, 0.1) is 16.8 Å². The molecular formula is C27H28N6O6S2. The Morgan fingerprint density at radius 1 is 0.854 bits per heavy atom. The van der Waals surface area contributed by atoms with Crippen molar-refractivity contribution in [3.63, 3.8) is 0 Å². The highest BCUT2D eigenvalue weighted by molar-refractivity contribution is 7.89. The largest absolute Gasteiger partial charge is 0.505 e. The highest BCUT2D eigenvalue weighted by Crippen LogP contribution is 2.47. The van der Waals surface area contributed by atoms with Crippen LogP contribution in [-0.4, -0.2) is 44.4 Å². The molecule has 14 heteroatoms. The van der Waals surface area contributed by atoms with Gasteiger partial charge in [-0.15, -0.1) is 15.3 Å². The van der Waals surface area contributed by atoms with Crippen LogP contribution in [0.4, 0.5) is 28.4 Å². The number of nitrogens with two attached hydrogens (primary N) is 1. The summed E-state index contributed by atoms with van der Waals surface area (Å²) in [6.07, 6.45) is 0. The topological polar surface area (TPSA) is 187 Å². The smallest absolute Gasteiger partial charge is 0.296 e. The van der Waals surface area contributed by atoms with Crippen molar-refractivity contribution >= 4 is 59.4 Å². The van der Waals surface area contributed by atoms with Gasteiger partial charge in [0.2, 0.25) is 10.0 Å². The minimum Gasteiger partial charge on any atom is -0.505 e. The number of fused-ring (bicyclic) bond motifs is 1. The molecule has 4 aromatic carbocycles. The lowest BCUT2D eigenvalue weighted by Crippen LogP contribution is -2.26. The van der Waals surface area contributed by atoms with Gasteiger partial charge in [0.1, 0.15) is 26.9 Å². The van der Waals surface area contributed by atoms with Crippen molar-refractivity contribution in [3.8, 4) is 5.75 Å². The Kier molecular flexibility index (Phi) is 8.22. The molecule has 0 heterocycles. The molecule has 41 heavy (non-hydrogen) atoms. The third-order valence-electron chi connectivity index (χ3n) is 6.37. The van der Waals surface area contributed by atoms with E-state index < -0.39 is 36.5 Å². The maximum absolute atomic E-state index is 13.0. The van der Waals surface area contributed by atoms with Crippen LogP contribution in [0, 0.1) is 13.8 Å². The lowest BCUT2D eigenvalue weighted by Gasteiger charge is -2.16. The lowest BCUT2D eigenvalue weighted by atomic mass is 10.0. The minimum absolute atomic E-state index is 0.00132. The molecule has 0 aliphatic heterocycles. The second-order valence-electron chi connectivity index (χ2n) is 9.22. The van der Waals surface area contributed by atoms with Crippen LogP contribution in [0.25, 0.3) is 10.8 Å². The molecule has 0 unspecified atom stereocenters. The Labute approximate surface area is 237 Å². The summed E-state index contributed by atoms with van der Waals surface area (Å²) in [6.45, 7) is 5.47. The maximum Gasteiger partial charge on any atom is 0.296 e. The maximum atomic E-state index is 13.0. The monoisotopic (exact) mass is 596 g/mol. The van der Waals surface area contributed by atoms with Crippen LogP contribution in [0.15, 0.2) is 90.9 Å². The molecule has 0 saturated carbocycles. The van der Waals surface area contributed by atoms with Gasteiger partial charge in [-0.1, -0.05) is 36.8 Å². The Balaban J connectivity index is 1.92. The van der Waals surface area contributed by atoms with Crippen LogP contribution in [0.5, 0.6) is 5.75 Å². The summed E-state index contributed by atoms with van der Waals surface area (Å²) in [7, 11) is -7.47. The van der Waals surface area contributed by atoms with Crippen molar-refractivity contribution in [2.24, 2.45) is 20.5 Å². The number of nitrogens with zero attached hydrogens (tertiary/aromatic N) is 5. The number of hydrogen-bond acceptors (Lipinski definition) is 10. The number of aryl methyl sites for hydroxylation is 2. The van der Waals surface area contributed by atoms with Gasteiger partial charge < -0.3 is 10.8 Å². The Bertz CT molecular complexity index is 1920. The SMILES string of the molecule is CCN(C)S(=O)(=O)c1ccccc1N=Nc1c(S(=O)(=O)O)cc2cc(C)c(N=Nc3ccc(C)cc3)c(N)c2c1O. The molecule has 4 N–H and O–H groups in total. The zero-order chi connectivity index (χ0) is 30.1. The normalized spacial score (nSPS) is 12.7. The summed E-state index contributed by atoms with van der Waals surface area (Å²) in [5, 5.41) is 27.7. The van der Waals surface area contributed by atoms with E-state index in [1.54, 1.807) is 26.0 Å². The molecule has 4 rings (SSSR count). The highest BCUT2D eigenvalue weighted by atomic mass is 32.2. The lowest BCUT2D eigenvalue weighted by molar-refractivity contribution is 0.472. The molecule has 0 aliphatic rings. The summed E-state index contributed by atoms with van der Waals surface area (Å²) < 4.78 is 61.6. The van der Waals surface area contributed by atoms with Crippen molar-refractivity contribution in [3.05, 3.63) is 71.8 Å². The van der Waals surface area contributed by atoms with Gasteiger partial charge in [0.15, 0.2) is 5.75 Å². The van der Waals surface area contributed by atoms with Crippen LogP contribution in [-0.2, 0) is 20.1 Å². The molecule has 214 valence electrons. The number of nitrogen functional groups attached to an aromatic ring is 1. The van der Waals surface area contributed by atoms with E-state index in [4.69, 9.17) is 5.73 Å². The van der Waals surface area contributed by atoms with Crippen molar-refractivity contribution in [2.75, 3.05) is 19.3 Å². The van der Waals surface area contributed by atoms with E-state index in [1.165, 1.54) is 37.4 Å². The van der Waals surface area contributed by atoms with Gasteiger partial charge in [-0.3, -0.25) is 4.55 Å². The van der Waals surface area contributed by atoms with Crippen LogP contribution in [0.2, 0.25) is 0 Å². The number of anilines is 1. The van der Waals surface area contributed by atoms with E-state index in [9.17, 15) is 26.5 Å². The number of sulfonamides is 1. The number of azo groups is 2. The van der Waals surface area contributed by atoms with E-state index in [1.807, 2.05) is 19.1 Å². The summed E-state index contributed by atoms with van der Waals surface area (Å²) in [5.41, 5.74) is 8.00. The van der Waals surface area contributed by atoms with Crippen molar-refractivity contribution in [2.45, 2.75) is 30.6 Å². The first-order chi connectivity index (χ1) is 19.3. The van der Waals surface area contributed by atoms with Gasteiger partial charge in [-0.25, -0.2) is 12.7 Å². The number of phenolic OH excluding ortho intramolecular Hbond substituents is 1. The molecule has 0 spiro atoms. The Morgan fingerprint density at radius 2 is 1.49 bits per heavy atom. The first-order valence-corrected chi connectivity index (χ1v) is 15.2. The number of rotatable bonds is 8. The highest BCUT2D eigenvalue weighted by Gasteiger charge is 2.26. The van der Waals surface area contributed by atoms with Gasteiger partial charge in [0.25, 0.3) is 10.1 Å². The van der Waals surface area contributed by atoms with E-state index in [-0.39, 0.29) is 39.3 Å². The van der Waals surface area contributed by atoms with Gasteiger partial charge in [-0.2, -0.15) is 13.5 Å². The molecule has 0 amide bonds. The molecule has 0 radical (unpaired) electrons. The molecule has 0 aromatic heterocycles. The molecule has 0 atom stereocenters. The quantitative estimate of drug-likeness (QED) is 0.118. The molecule has 0 fully saturated rings. The first-order valence-electron chi connectivity index (χ1n) is 12.3. The fourth-order valence-corrected chi connectivity index (χ4v) is 5.98. The summed E-state index contributed by atoms with van der Waals surface area (Å²) >= 11 is 0. The molecule has 0 bridgehead atoms. The predicted molar refractivity (Wildman–Crippen MR) is 156 cm³/mol. The van der Waals surface area contributed by atoms with E-state index in [0.29, 0.717) is 11.3 Å². The average Bonchev–Trinajstić information content (AvgIpc) is 2.92. The first kappa shape index (κ1) is 29.7. The Morgan fingerprint density at radius 3 is 2.12 bits per heavy atom. The zero-order valence-corrected chi connectivity index (χ0v) is 24.3. The van der Waals surface area contributed by atoms with E-state index in [0.717, 1.165) is 15.9 Å². The van der Waals surface area contributed by atoms with Gasteiger partial charge in [-0.05, 0) is 61.2 Å². The van der Waals surface area contributed by atoms with Crippen molar-refractivity contribution in [1.29, 1.82) is 0 Å². The average molecular weight is 597 g/mol. The van der Waals surface area contributed by atoms with Gasteiger partial charge in [0, 0.05) is 13.6 Å². The number of aromatic hydroxyl groups is 1. The standard InChI is InChI=1S/C27H28N6O6S2/c1-5-33(4)40(35,36)21-9-7-6-8-20(21)30-32-26-22(41(37,38)39)15-18-14-17(3)25(24(28)23(18)27(26)34)31-29-19-12-10-16(2)11-13-19/h6-15,34H,5,28H2,1-4H3,(H,37,38,39). The fourth-order valence-electron chi connectivity index (χ4n) is 4.03. The van der Waals surface area contributed by atoms with Gasteiger partial charge >= 0.3 is 0 Å². The zero-order valence-electron chi connectivity index (χ0n) is 22.6. The molecule has 0 saturated heterocycles. The third kappa shape index (κ3) is 5.95. The molecule has 0 aliphatic carbocycles. The summed E-state index contributed by atoms with van der Waals surface area (Å²) in [5.74, 6) is -0.700. The minimum atomic E-state index is -4.92. The number of phenols is 1. The number of hydrogen-bond donors (Lipinski definition) is 3. The Hall–Kier alpha value is -4.24. The second-order valence-corrected chi connectivity index (χ2v) is 12.6. The number of benzene rings is 4.